The molecule has 0 aliphatic rings. The molecular weight excluding hydrogens is 204 g/mol. The molecule has 0 radical (unpaired) electrons. The average molecular weight is 219 g/mol. The molecule has 64 valence electrons. The smallest absolute Gasteiger partial charge is 0.102 e. The standard InChI is InChI=1S/C8H15BrN2/c1-5-10-8(4)11(6-9)7(2)3/h5,7H,1,6H2,2-4H3/b10-8-. The van der Waals surface area contributed by atoms with Crippen LogP contribution in [0.5, 0.6) is 0 Å². The molecule has 0 rings (SSSR count). The van der Waals surface area contributed by atoms with Crippen LogP contribution in [0.15, 0.2) is 17.8 Å². The maximum atomic E-state index is 4.09. The van der Waals surface area contributed by atoms with Crippen molar-refractivity contribution >= 4 is 21.8 Å². The maximum Gasteiger partial charge on any atom is 0.102 e. The third kappa shape index (κ3) is 3.56. The summed E-state index contributed by atoms with van der Waals surface area (Å²) in [6, 6.07) is 0.470. The third-order valence-electron chi connectivity index (χ3n) is 1.45. The summed E-state index contributed by atoms with van der Waals surface area (Å²) in [5, 5.41) is 0. The number of amidine groups is 1. The number of hydrogen-bond acceptors (Lipinski definition) is 1. The first-order valence-corrected chi connectivity index (χ1v) is 4.73. The summed E-state index contributed by atoms with van der Waals surface area (Å²) in [6.45, 7) is 9.78. The minimum Gasteiger partial charge on any atom is -0.348 e. The molecule has 0 atom stereocenters. The second-order valence-electron chi connectivity index (χ2n) is 2.54. The Hall–Kier alpha value is -0.310. The van der Waals surface area contributed by atoms with Gasteiger partial charge in [0.05, 0.1) is 5.45 Å². The van der Waals surface area contributed by atoms with Gasteiger partial charge < -0.3 is 4.90 Å². The van der Waals surface area contributed by atoms with E-state index in [4.69, 9.17) is 0 Å². The van der Waals surface area contributed by atoms with E-state index < -0.39 is 0 Å². The molecule has 0 saturated heterocycles. The van der Waals surface area contributed by atoms with E-state index in [2.05, 4.69) is 46.2 Å². The summed E-state index contributed by atoms with van der Waals surface area (Å²) in [5.74, 6) is 0.992. The first-order valence-electron chi connectivity index (χ1n) is 3.61. The van der Waals surface area contributed by atoms with Crippen molar-refractivity contribution in [1.82, 2.24) is 4.90 Å². The zero-order valence-corrected chi connectivity index (χ0v) is 8.93. The van der Waals surface area contributed by atoms with E-state index in [-0.39, 0.29) is 0 Å². The summed E-state index contributed by atoms with van der Waals surface area (Å²) < 4.78 is 0. The van der Waals surface area contributed by atoms with Crippen molar-refractivity contribution in [2.75, 3.05) is 5.45 Å². The van der Waals surface area contributed by atoms with Crippen LogP contribution in [0, 0.1) is 0 Å². The first-order chi connectivity index (χ1) is 5.13. The van der Waals surface area contributed by atoms with E-state index in [0.29, 0.717) is 6.04 Å². The molecule has 0 heterocycles. The molecule has 0 bridgehead atoms. The van der Waals surface area contributed by atoms with Crippen LogP contribution in [0.3, 0.4) is 0 Å². The predicted octanol–water partition coefficient (Wildman–Crippen LogP) is 2.61. The molecule has 0 aliphatic carbocycles. The molecule has 0 saturated carbocycles. The zero-order chi connectivity index (χ0) is 8.85. The van der Waals surface area contributed by atoms with Gasteiger partial charge in [-0.05, 0) is 20.8 Å². The SMILES string of the molecule is C=C/N=C(/C)N(CBr)C(C)C. The van der Waals surface area contributed by atoms with Gasteiger partial charge in [0.2, 0.25) is 0 Å². The fourth-order valence-corrected chi connectivity index (χ4v) is 1.75. The van der Waals surface area contributed by atoms with Crippen molar-refractivity contribution in [3.05, 3.63) is 12.8 Å². The van der Waals surface area contributed by atoms with Gasteiger partial charge in [-0.2, -0.15) is 0 Å². The summed E-state index contributed by atoms with van der Waals surface area (Å²) in [6.07, 6.45) is 1.56. The fourth-order valence-electron chi connectivity index (χ4n) is 0.804. The van der Waals surface area contributed by atoms with E-state index in [1.165, 1.54) is 0 Å². The largest absolute Gasteiger partial charge is 0.348 e. The lowest BCUT2D eigenvalue weighted by Crippen LogP contribution is -2.33. The Labute approximate surface area is 77.1 Å². The van der Waals surface area contributed by atoms with Crippen molar-refractivity contribution in [1.29, 1.82) is 0 Å². The highest BCUT2D eigenvalue weighted by Gasteiger charge is 2.07. The average Bonchev–Trinajstić information content (AvgIpc) is 1.88. The molecule has 0 N–H and O–H groups in total. The molecule has 0 aromatic carbocycles. The van der Waals surface area contributed by atoms with Crippen LogP contribution in [0.2, 0.25) is 0 Å². The topological polar surface area (TPSA) is 15.6 Å². The second kappa shape index (κ2) is 5.35. The van der Waals surface area contributed by atoms with Crippen LogP contribution in [-0.4, -0.2) is 22.2 Å². The molecule has 0 unspecified atom stereocenters. The molecule has 0 amide bonds. The van der Waals surface area contributed by atoms with Crippen molar-refractivity contribution in [2.24, 2.45) is 4.99 Å². The summed E-state index contributed by atoms with van der Waals surface area (Å²) in [4.78, 5) is 6.23. The zero-order valence-electron chi connectivity index (χ0n) is 7.34. The van der Waals surface area contributed by atoms with Crippen LogP contribution < -0.4 is 0 Å². The van der Waals surface area contributed by atoms with Crippen LogP contribution in [-0.2, 0) is 0 Å². The van der Waals surface area contributed by atoms with E-state index in [1.54, 1.807) is 6.20 Å². The highest BCUT2D eigenvalue weighted by molar-refractivity contribution is 9.09. The van der Waals surface area contributed by atoms with E-state index in [0.717, 1.165) is 11.3 Å². The molecule has 0 aromatic rings. The fraction of sp³-hybridized carbons (Fsp3) is 0.625. The molecule has 2 nitrogen and oxygen atoms in total. The number of halogens is 1. The van der Waals surface area contributed by atoms with Gasteiger partial charge in [-0.15, -0.1) is 0 Å². The molecular formula is C8H15BrN2. The quantitative estimate of drug-likeness (QED) is 0.308. The van der Waals surface area contributed by atoms with Gasteiger partial charge in [-0.25, -0.2) is 4.99 Å². The van der Waals surface area contributed by atoms with Gasteiger partial charge in [0.1, 0.15) is 5.84 Å². The lowest BCUT2D eigenvalue weighted by Gasteiger charge is -2.25. The van der Waals surface area contributed by atoms with Crippen LogP contribution >= 0.6 is 15.9 Å². The summed E-state index contributed by atoms with van der Waals surface area (Å²) >= 11 is 3.40. The maximum absolute atomic E-state index is 4.09. The minimum atomic E-state index is 0.470. The minimum absolute atomic E-state index is 0.470. The lowest BCUT2D eigenvalue weighted by molar-refractivity contribution is 0.404. The first kappa shape index (κ1) is 10.7. The summed E-state index contributed by atoms with van der Waals surface area (Å²) in [7, 11) is 0. The Morgan fingerprint density at radius 2 is 2.27 bits per heavy atom. The normalized spacial score (nSPS) is 11.9. The molecule has 0 fully saturated rings. The third-order valence-corrected chi connectivity index (χ3v) is 1.99. The van der Waals surface area contributed by atoms with Crippen molar-refractivity contribution < 1.29 is 0 Å². The van der Waals surface area contributed by atoms with Gasteiger partial charge in [-0.3, -0.25) is 0 Å². The Balaban J connectivity index is 4.24. The van der Waals surface area contributed by atoms with E-state index in [1.807, 2.05) is 6.92 Å². The van der Waals surface area contributed by atoms with Gasteiger partial charge in [0, 0.05) is 12.2 Å². The van der Waals surface area contributed by atoms with Crippen molar-refractivity contribution in [3.63, 3.8) is 0 Å². The Kier molecular flexibility index (Phi) is 5.20. The number of rotatable bonds is 3. The molecule has 3 heteroatoms. The van der Waals surface area contributed by atoms with Crippen LogP contribution in [0.1, 0.15) is 20.8 Å². The van der Waals surface area contributed by atoms with E-state index in [9.17, 15) is 0 Å². The number of alkyl halides is 1. The van der Waals surface area contributed by atoms with Gasteiger partial charge in [0.15, 0.2) is 0 Å². The number of aliphatic imine (C=N–C) groups is 1. The molecule has 11 heavy (non-hydrogen) atoms. The lowest BCUT2D eigenvalue weighted by atomic mass is 10.3. The molecule has 0 spiro atoms. The van der Waals surface area contributed by atoms with Gasteiger partial charge in [0.25, 0.3) is 0 Å². The Morgan fingerprint density at radius 3 is 2.55 bits per heavy atom. The Morgan fingerprint density at radius 1 is 1.73 bits per heavy atom. The number of hydrogen-bond donors (Lipinski definition) is 0. The Bertz CT molecular complexity index is 152. The summed E-state index contributed by atoms with van der Waals surface area (Å²) in [5.41, 5.74) is 0.813. The molecule has 0 aliphatic heterocycles. The highest BCUT2D eigenvalue weighted by Crippen LogP contribution is 2.02. The van der Waals surface area contributed by atoms with Crippen LogP contribution in [0.25, 0.3) is 0 Å². The van der Waals surface area contributed by atoms with Crippen LogP contribution in [0.4, 0.5) is 0 Å². The van der Waals surface area contributed by atoms with Crippen molar-refractivity contribution in [3.8, 4) is 0 Å². The van der Waals surface area contributed by atoms with Crippen molar-refractivity contribution in [2.45, 2.75) is 26.8 Å². The van der Waals surface area contributed by atoms with E-state index >= 15 is 0 Å². The predicted molar refractivity (Wildman–Crippen MR) is 54.1 cm³/mol. The highest BCUT2D eigenvalue weighted by atomic mass is 79.9. The van der Waals surface area contributed by atoms with Gasteiger partial charge in [-0.1, -0.05) is 22.5 Å². The number of nitrogens with zero attached hydrogens (tertiary/aromatic N) is 2. The monoisotopic (exact) mass is 218 g/mol. The van der Waals surface area contributed by atoms with Gasteiger partial charge >= 0.3 is 0 Å². The molecule has 0 aromatic heterocycles. The second-order valence-corrected chi connectivity index (χ2v) is 3.04.